The van der Waals surface area contributed by atoms with Gasteiger partial charge in [0.15, 0.2) is 0 Å². The Hall–Kier alpha value is -1.68. The zero-order valence-electron chi connectivity index (χ0n) is 11.4. The van der Waals surface area contributed by atoms with Gasteiger partial charge in [-0.1, -0.05) is 6.07 Å². The fourth-order valence-corrected chi connectivity index (χ4v) is 2.16. The summed E-state index contributed by atoms with van der Waals surface area (Å²) in [5.74, 6) is 0. The summed E-state index contributed by atoms with van der Waals surface area (Å²) in [4.78, 5) is 4.60. The van der Waals surface area contributed by atoms with Crippen molar-refractivity contribution in [1.82, 2.24) is 20.1 Å². The molecule has 0 spiro atoms. The highest BCUT2D eigenvalue weighted by atomic mass is 15.3. The second-order valence-electron chi connectivity index (χ2n) is 4.72. The molecule has 2 aromatic heterocycles. The molecule has 0 radical (unpaired) electrons. The lowest BCUT2D eigenvalue weighted by atomic mass is 10.1. The standard InChI is InChI=1S/C14H20N4/c1-10(2)18-13(8-9-16-18)14(15-4)12-7-5-6-11(3)17-12/h5-10,14-15H,1-4H3. The number of nitrogens with one attached hydrogen (secondary N) is 1. The van der Waals surface area contributed by atoms with Gasteiger partial charge in [-0.05, 0) is 46.0 Å². The lowest BCUT2D eigenvalue weighted by Gasteiger charge is -2.19. The van der Waals surface area contributed by atoms with Gasteiger partial charge in [-0.2, -0.15) is 5.10 Å². The number of hydrogen-bond acceptors (Lipinski definition) is 3. The summed E-state index contributed by atoms with van der Waals surface area (Å²) in [6, 6.07) is 8.57. The summed E-state index contributed by atoms with van der Waals surface area (Å²) in [5, 5.41) is 7.70. The Morgan fingerprint density at radius 1 is 1.22 bits per heavy atom. The number of aryl methyl sites for hydroxylation is 1. The molecule has 0 aromatic carbocycles. The third-order valence-corrected chi connectivity index (χ3v) is 2.98. The summed E-state index contributed by atoms with van der Waals surface area (Å²) >= 11 is 0. The molecule has 1 atom stereocenters. The molecule has 2 heterocycles. The molecular weight excluding hydrogens is 224 g/mol. The van der Waals surface area contributed by atoms with E-state index in [-0.39, 0.29) is 6.04 Å². The molecule has 96 valence electrons. The minimum absolute atomic E-state index is 0.0785. The molecule has 0 saturated heterocycles. The van der Waals surface area contributed by atoms with Gasteiger partial charge in [0.25, 0.3) is 0 Å². The molecule has 0 saturated carbocycles. The van der Waals surface area contributed by atoms with Crippen LogP contribution in [0, 0.1) is 6.92 Å². The van der Waals surface area contributed by atoms with Crippen molar-refractivity contribution < 1.29 is 0 Å². The van der Waals surface area contributed by atoms with Crippen LogP contribution in [0.1, 0.15) is 43.0 Å². The van der Waals surface area contributed by atoms with E-state index in [1.165, 1.54) is 0 Å². The number of pyridine rings is 1. The average molecular weight is 244 g/mol. The van der Waals surface area contributed by atoms with Gasteiger partial charge in [0.2, 0.25) is 0 Å². The number of nitrogens with zero attached hydrogens (tertiary/aromatic N) is 3. The number of rotatable bonds is 4. The van der Waals surface area contributed by atoms with Crippen molar-refractivity contribution in [3.05, 3.63) is 47.5 Å². The summed E-state index contributed by atoms with van der Waals surface area (Å²) in [7, 11) is 1.95. The first-order valence-corrected chi connectivity index (χ1v) is 6.27. The molecule has 0 amide bonds. The van der Waals surface area contributed by atoms with Crippen LogP contribution in [0.25, 0.3) is 0 Å². The first-order valence-electron chi connectivity index (χ1n) is 6.27. The van der Waals surface area contributed by atoms with Gasteiger partial charge < -0.3 is 5.32 Å². The highest BCUT2D eigenvalue weighted by molar-refractivity contribution is 5.23. The predicted octanol–water partition coefficient (Wildman–Crippen LogP) is 2.48. The highest BCUT2D eigenvalue weighted by Gasteiger charge is 2.18. The van der Waals surface area contributed by atoms with Crippen molar-refractivity contribution in [3.8, 4) is 0 Å². The molecule has 0 aliphatic carbocycles. The van der Waals surface area contributed by atoms with Crippen LogP contribution in [-0.4, -0.2) is 21.8 Å². The SMILES string of the molecule is CNC(c1cccc(C)n1)c1ccnn1C(C)C. The molecule has 0 aliphatic heterocycles. The predicted molar refractivity (Wildman–Crippen MR) is 72.5 cm³/mol. The van der Waals surface area contributed by atoms with E-state index >= 15 is 0 Å². The smallest absolute Gasteiger partial charge is 0.0919 e. The quantitative estimate of drug-likeness (QED) is 0.898. The monoisotopic (exact) mass is 244 g/mol. The van der Waals surface area contributed by atoms with E-state index in [4.69, 9.17) is 0 Å². The Morgan fingerprint density at radius 2 is 2.00 bits per heavy atom. The van der Waals surface area contributed by atoms with Crippen molar-refractivity contribution in [2.24, 2.45) is 0 Å². The Bertz CT molecular complexity index is 516. The van der Waals surface area contributed by atoms with E-state index in [0.717, 1.165) is 17.1 Å². The Balaban J connectivity index is 2.42. The minimum Gasteiger partial charge on any atom is -0.307 e. The molecule has 18 heavy (non-hydrogen) atoms. The van der Waals surface area contributed by atoms with Crippen LogP contribution < -0.4 is 5.32 Å². The van der Waals surface area contributed by atoms with Crippen molar-refractivity contribution in [2.75, 3.05) is 7.05 Å². The molecule has 1 unspecified atom stereocenters. The first kappa shape index (κ1) is 12.8. The van der Waals surface area contributed by atoms with Crippen molar-refractivity contribution in [2.45, 2.75) is 32.9 Å². The third kappa shape index (κ3) is 2.43. The molecule has 0 fully saturated rings. The Labute approximate surface area is 108 Å². The van der Waals surface area contributed by atoms with E-state index in [0.29, 0.717) is 6.04 Å². The summed E-state index contributed by atoms with van der Waals surface area (Å²) in [6.07, 6.45) is 1.84. The van der Waals surface area contributed by atoms with Crippen LogP contribution in [0.4, 0.5) is 0 Å². The van der Waals surface area contributed by atoms with Gasteiger partial charge in [-0.25, -0.2) is 0 Å². The van der Waals surface area contributed by atoms with E-state index in [9.17, 15) is 0 Å². The number of hydrogen-bond donors (Lipinski definition) is 1. The second kappa shape index (κ2) is 5.31. The lowest BCUT2D eigenvalue weighted by Crippen LogP contribution is -2.23. The minimum atomic E-state index is 0.0785. The van der Waals surface area contributed by atoms with Gasteiger partial charge in [0, 0.05) is 17.9 Å². The van der Waals surface area contributed by atoms with Crippen molar-refractivity contribution in [3.63, 3.8) is 0 Å². The molecule has 4 heteroatoms. The summed E-state index contributed by atoms with van der Waals surface area (Å²) in [6.45, 7) is 6.27. The highest BCUT2D eigenvalue weighted by Crippen LogP contribution is 2.22. The molecule has 1 N–H and O–H groups in total. The van der Waals surface area contributed by atoms with Crippen molar-refractivity contribution >= 4 is 0 Å². The molecule has 2 rings (SSSR count). The van der Waals surface area contributed by atoms with E-state index in [1.807, 2.05) is 49.1 Å². The van der Waals surface area contributed by atoms with Crippen molar-refractivity contribution in [1.29, 1.82) is 0 Å². The molecule has 0 aliphatic rings. The second-order valence-corrected chi connectivity index (χ2v) is 4.72. The van der Waals surface area contributed by atoms with Crippen LogP contribution in [-0.2, 0) is 0 Å². The maximum atomic E-state index is 4.60. The summed E-state index contributed by atoms with van der Waals surface area (Å²) < 4.78 is 2.03. The van der Waals surface area contributed by atoms with Gasteiger partial charge >= 0.3 is 0 Å². The molecular formula is C14H20N4. The fraction of sp³-hybridized carbons (Fsp3) is 0.429. The van der Waals surface area contributed by atoms with Gasteiger partial charge in [0.1, 0.15) is 0 Å². The fourth-order valence-electron chi connectivity index (χ4n) is 2.16. The van der Waals surface area contributed by atoms with E-state index in [2.05, 4.69) is 29.2 Å². The van der Waals surface area contributed by atoms with Crippen LogP contribution in [0.3, 0.4) is 0 Å². The topological polar surface area (TPSA) is 42.7 Å². The zero-order valence-corrected chi connectivity index (χ0v) is 11.4. The Kier molecular flexibility index (Phi) is 3.77. The van der Waals surface area contributed by atoms with Crippen LogP contribution in [0.2, 0.25) is 0 Å². The van der Waals surface area contributed by atoms with E-state index < -0.39 is 0 Å². The zero-order chi connectivity index (χ0) is 13.1. The molecule has 2 aromatic rings. The van der Waals surface area contributed by atoms with Crippen LogP contribution in [0.5, 0.6) is 0 Å². The van der Waals surface area contributed by atoms with Gasteiger partial charge in [-0.15, -0.1) is 0 Å². The lowest BCUT2D eigenvalue weighted by molar-refractivity contribution is 0.481. The molecule has 0 bridgehead atoms. The largest absolute Gasteiger partial charge is 0.307 e. The van der Waals surface area contributed by atoms with Crippen LogP contribution in [0.15, 0.2) is 30.5 Å². The number of aromatic nitrogens is 3. The Morgan fingerprint density at radius 3 is 2.61 bits per heavy atom. The third-order valence-electron chi connectivity index (χ3n) is 2.98. The van der Waals surface area contributed by atoms with Gasteiger partial charge in [0.05, 0.1) is 17.4 Å². The van der Waals surface area contributed by atoms with E-state index in [1.54, 1.807) is 0 Å². The summed E-state index contributed by atoms with van der Waals surface area (Å²) in [5.41, 5.74) is 3.20. The van der Waals surface area contributed by atoms with Crippen LogP contribution >= 0.6 is 0 Å². The molecule has 4 nitrogen and oxygen atoms in total. The maximum absolute atomic E-state index is 4.60. The normalized spacial score (nSPS) is 12.9. The van der Waals surface area contributed by atoms with Gasteiger partial charge in [-0.3, -0.25) is 9.67 Å². The maximum Gasteiger partial charge on any atom is 0.0919 e. The average Bonchev–Trinajstić information content (AvgIpc) is 2.79. The first-order chi connectivity index (χ1) is 8.63.